The SMILES string of the molecule is Cc1cccnc1C(Cc1ccccc1)(NC(=O)Nc1cccc(Cl)c1)c1cccc(C(F)(F)F)c1. The van der Waals surface area contributed by atoms with Crippen LogP contribution in [0.2, 0.25) is 5.02 Å². The zero-order valence-corrected chi connectivity index (χ0v) is 20.1. The maximum Gasteiger partial charge on any atom is 0.416 e. The van der Waals surface area contributed by atoms with Gasteiger partial charge in [-0.1, -0.05) is 66.2 Å². The summed E-state index contributed by atoms with van der Waals surface area (Å²) in [6.45, 7) is 1.81. The first-order chi connectivity index (χ1) is 17.2. The molecule has 0 radical (unpaired) electrons. The van der Waals surface area contributed by atoms with Gasteiger partial charge in [-0.05, 0) is 60.0 Å². The van der Waals surface area contributed by atoms with Crippen LogP contribution in [0.4, 0.5) is 23.7 Å². The number of halogens is 4. The summed E-state index contributed by atoms with van der Waals surface area (Å²) >= 11 is 6.05. The van der Waals surface area contributed by atoms with Gasteiger partial charge in [0.25, 0.3) is 0 Å². The molecule has 4 rings (SSSR count). The first-order valence-corrected chi connectivity index (χ1v) is 11.5. The molecule has 2 N–H and O–H groups in total. The molecule has 0 saturated heterocycles. The Kier molecular flexibility index (Phi) is 7.31. The Morgan fingerprint density at radius 1 is 0.889 bits per heavy atom. The molecule has 2 amide bonds. The molecule has 1 aromatic heterocycles. The zero-order valence-electron chi connectivity index (χ0n) is 19.3. The largest absolute Gasteiger partial charge is 0.416 e. The molecule has 0 aliphatic heterocycles. The van der Waals surface area contributed by atoms with Gasteiger partial charge in [0.05, 0.1) is 11.3 Å². The van der Waals surface area contributed by atoms with E-state index < -0.39 is 23.3 Å². The van der Waals surface area contributed by atoms with Gasteiger partial charge in [-0.15, -0.1) is 0 Å². The topological polar surface area (TPSA) is 54.0 Å². The summed E-state index contributed by atoms with van der Waals surface area (Å²) in [6, 6.07) is 23.8. The number of benzene rings is 3. The third-order valence-corrected chi connectivity index (χ3v) is 6.05. The molecule has 1 atom stereocenters. The maximum atomic E-state index is 13.7. The van der Waals surface area contributed by atoms with Crippen molar-refractivity contribution in [2.75, 3.05) is 5.32 Å². The Labute approximate surface area is 212 Å². The van der Waals surface area contributed by atoms with Crippen molar-refractivity contribution in [2.45, 2.75) is 25.1 Å². The van der Waals surface area contributed by atoms with Crippen LogP contribution in [0.25, 0.3) is 0 Å². The minimum absolute atomic E-state index is 0.163. The maximum absolute atomic E-state index is 13.7. The summed E-state index contributed by atoms with van der Waals surface area (Å²) in [5.41, 5.74) is 0.422. The molecule has 184 valence electrons. The van der Waals surface area contributed by atoms with E-state index in [1.165, 1.54) is 6.07 Å². The highest BCUT2D eigenvalue weighted by molar-refractivity contribution is 6.30. The lowest BCUT2D eigenvalue weighted by molar-refractivity contribution is -0.137. The van der Waals surface area contributed by atoms with E-state index in [2.05, 4.69) is 15.6 Å². The number of amides is 2. The molecule has 0 saturated carbocycles. The number of hydrogen-bond donors (Lipinski definition) is 2. The normalized spacial score (nSPS) is 13.0. The van der Waals surface area contributed by atoms with Crippen LogP contribution in [0.3, 0.4) is 0 Å². The van der Waals surface area contributed by atoms with Gasteiger partial charge >= 0.3 is 12.2 Å². The summed E-state index contributed by atoms with van der Waals surface area (Å²) in [5, 5.41) is 6.15. The summed E-state index contributed by atoms with van der Waals surface area (Å²) in [5.74, 6) is 0. The van der Waals surface area contributed by atoms with E-state index in [1.807, 2.05) is 43.3 Å². The average Bonchev–Trinajstić information content (AvgIpc) is 2.84. The van der Waals surface area contributed by atoms with Crippen molar-refractivity contribution in [2.24, 2.45) is 0 Å². The number of hydrogen-bond acceptors (Lipinski definition) is 2. The van der Waals surface area contributed by atoms with Crippen molar-refractivity contribution in [1.29, 1.82) is 0 Å². The molecule has 1 heterocycles. The highest BCUT2D eigenvalue weighted by Gasteiger charge is 2.41. The van der Waals surface area contributed by atoms with E-state index >= 15 is 0 Å². The van der Waals surface area contributed by atoms with E-state index in [0.717, 1.165) is 17.7 Å². The van der Waals surface area contributed by atoms with Crippen LogP contribution in [-0.4, -0.2) is 11.0 Å². The second-order valence-electron chi connectivity index (χ2n) is 8.40. The van der Waals surface area contributed by atoms with Crippen molar-refractivity contribution >= 4 is 23.3 Å². The molecule has 0 spiro atoms. The molecule has 4 nitrogen and oxygen atoms in total. The fourth-order valence-corrected chi connectivity index (χ4v) is 4.41. The van der Waals surface area contributed by atoms with Crippen molar-refractivity contribution < 1.29 is 18.0 Å². The Balaban J connectivity index is 1.89. The van der Waals surface area contributed by atoms with E-state index in [4.69, 9.17) is 11.6 Å². The molecular weight excluding hydrogens is 487 g/mol. The number of alkyl halides is 3. The van der Waals surface area contributed by atoms with Crippen molar-refractivity contribution in [1.82, 2.24) is 10.3 Å². The predicted molar refractivity (Wildman–Crippen MR) is 135 cm³/mol. The van der Waals surface area contributed by atoms with Gasteiger partial charge in [-0.25, -0.2) is 4.79 Å². The summed E-state index contributed by atoms with van der Waals surface area (Å²) in [6.07, 6.45) is -2.83. The number of carbonyl (C=O) groups is 1. The molecule has 1 unspecified atom stereocenters. The first kappa shape index (κ1) is 25.3. The third-order valence-electron chi connectivity index (χ3n) is 5.82. The molecule has 0 aliphatic rings. The smallest absolute Gasteiger partial charge is 0.322 e. The minimum Gasteiger partial charge on any atom is -0.322 e. The lowest BCUT2D eigenvalue weighted by Gasteiger charge is -2.36. The van der Waals surface area contributed by atoms with Crippen LogP contribution in [0.1, 0.15) is 27.9 Å². The lowest BCUT2D eigenvalue weighted by Crippen LogP contribution is -2.51. The summed E-state index contributed by atoms with van der Waals surface area (Å²) in [4.78, 5) is 17.9. The van der Waals surface area contributed by atoms with Gasteiger partial charge < -0.3 is 10.6 Å². The predicted octanol–water partition coefficient (Wildman–Crippen LogP) is 7.37. The molecule has 8 heteroatoms. The molecule has 0 fully saturated rings. The van der Waals surface area contributed by atoms with Crippen LogP contribution < -0.4 is 10.6 Å². The number of urea groups is 1. The molecular formula is C28H23ClF3N3O. The Morgan fingerprint density at radius 2 is 1.61 bits per heavy atom. The molecule has 0 bridgehead atoms. The first-order valence-electron chi connectivity index (χ1n) is 11.2. The fraction of sp³-hybridized carbons (Fsp3) is 0.143. The van der Waals surface area contributed by atoms with Crippen molar-refractivity contribution in [3.63, 3.8) is 0 Å². The quantitative estimate of drug-likeness (QED) is 0.285. The van der Waals surface area contributed by atoms with Crippen LogP contribution in [-0.2, 0) is 18.1 Å². The molecule has 3 aromatic carbocycles. The second-order valence-corrected chi connectivity index (χ2v) is 8.84. The van der Waals surface area contributed by atoms with Crippen LogP contribution in [0, 0.1) is 6.92 Å². The third kappa shape index (κ3) is 5.69. The summed E-state index contributed by atoms with van der Waals surface area (Å²) in [7, 11) is 0. The molecule has 36 heavy (non-hydrogen) atoms. The average molecular weight is 510 g/mol. The van der Waals surface area contributed by atoms with Crippen molar-refractivity contribution in [3.8, 4) is 0 Å². The van der Waals surface area contributed by atoms with Gasteiger partial charge in [-0.2, -0.15) is 13.2 Å². The highest BCUT2D eigenvalue weighted by atomic mass is 35.5. The monoisotopic (exact) mass is 509 g/mol. The second kappa shape index (κ2) is 10.4. The highest BCUT2D eigenvalue weighted by Crippen LogP contribution is 2.38. The number of aromatic nitrogens is 1. The zero-order chi connectivity index (χ0) is 25.8. The number of carbonyl (C=O) groups excluding carboxylic acids is 1. The van der Waals surface area contributed by atoms with Gasteiger partial charge in [0, 0.05) is 23.3 Å². The van der Waals surface area contributed by atoms with E-state index in [9.17, 15) is 18.0 Å². The number of anilines is 1. The van der Waals surface area contributed by atoms with E-state index in [1.54, 1.807) is 42.6 Å². The minimum atomic E-state index is -4.56. The van der Waals surface area contributed by atoms with Crippen LogP contribution in [0.5, 0.6) is 0 Å². The van der Waals surface area contributed by atoms with Crippen molar-refractivity contribution in [3.05, 3.63) is 130 Å². The van der Waals surface area contributed by atoms with E-state index in [0.29, 0.717) is 22.0 Å². The van der Waals surface area contributed by atoms with Crippen LogP contribution >= 0.6 is 11.6 Å². The van der Waals surface area contributed by atoms with Gasteiger partial charge in [0.2, 0.25) is 0 Å². The standard InChI is InChI=1S/C28H23ClF3N3O/c1-19-8-7-15-33-25(19)27(18-20-9-3-2-4-10-20,21-11-5-12-22(16-21)28(30,31)32)35-26(36)34-24-14-6-13-23(29)17-24/h2-17H,18H2,1H3,(H2,34,35,36). The Hall–Kier alpha value is -3.84. The Morgan fingerprint density at radius 3 is 2.31 bits per heavy atom. The summed E-state index contributed by atoms with van der Waals surface area (Å²) < 4.78 is 41.2. The van der Waals surface area contributed by atoms with Gasteiger partial charge in [-0.3, -0.25) is 4.98 Å². The van der Waals surface area contributed by atoms with Gasteiger partial charge in [0.15, 0.2) is 0 Å². The van der Waals surface area contributed by atoms with E-state index in [-0.39, 0.29) is 12.0 Å². The van der Waals surface area contributed by atoms with Gasteiger partial charge in [0.1, 0.15) is 5.54 Å². The molecule has 0 aliphatic carbocycles. The Bertz CT molecular complexity index is 1360. The lowest BCUT2D eigenvalue weighted by atomic mass is 9.78. The number of nitrogens with one attached hydrogen (secondary N) is 2. The number of aryl methyl sites for hydroxylation is 1. The number of nitrogens with zero attached hydrogens (tertiary/aromatic N) is 1. The fourth-order valence-electron chi connectivity index (χ4n) is 4.22. The number of pyridine rings is 1. The van der Waals surface area contributed by atoms with Crippen LogP contribution in [0.15, 0.2) is 97.2 Å². The number of rotatable bonds is 6. The molecule has 4 aromatic rings.